The number of para-hydroxylation sites is 2. The summed E-state index contributed by atoms with van der Waals surface area (Å²) in [5.74, 6) is 0. The highest BCUT2D eigenvalue weighted by atomic mass is 32.2. The van der Waals surface area contributed by atoms with Crippen molar-refractivity contribution in [3.8, 4) is 6.07 Å². The van der Waals surface area contributed by atoms with Gasteiger partial charge in [-0.25, -0.2) is 4.98 Å². The molecule has 0 spiro atoms. The maximum atomic E-state index is 9.26. The lowest BCUT2D eigenvalue weighted by Crippen LogP contribution is -1.94. The van der Waals surface area contributed by atoms with Crippen molar-refractivity contribution in [2.45, 2.75) is 10.4 Å². The first kappa shape index (κ1) is 11.8. The van der Waals surface area contributed by atoms with Crippen LogP contribution >= 0.6 is 11.8 Å². The fraction of sp³-hybridized carbons (Fsp3) is 0.0714. The van der Waals surface area contributed by atoms with Gasteiger partial charge in [-0.05, 0) is 24.3 Å². The molecule has 0 aliphatic carbocycles. The van der Waals surface area contributed by atoms with E-state index in [1.54, 1.807) is 6.20 Å². The molecule has 0 fully saturated rings. The van der Waals surface area contributed by atoms with Crippen molar-refractivity contribution in [1.29, 1.82) is 5.26 Å². The molecule has 5 heteroatoms. The van der Waals surface area contributed by atoms with E-state index >= 15 is 0 Å². The standard InChI is InChI=1S/C14H10N4S/c15-9-13(12-7-3-4-8-16-12)19-14-17-10-5-1-2-6-11(10)18-14/h1-8,13H,(H,17,18). The van der Waals surface area contributed by atoms with Gasteiger partial charge in [-0.1, -0.05) is 30.0 Å². The number of hydrogen-bond donors (Lipinski definition) is 1. The Morgan fingerprint density at radius 1 is 1.16 bits per heavy atom. The molecule has 1 aromatic carbocycles. The summed E-state index contributed by atoms with van der Waals surface area (Å²) in [5.41, 5.74) is 2.63. The van der Waals surface area contributed by atoms with Crippen molar-refractivity contribution in [1.82, 2.24) is 15.0 Å². The third-order valence-corrected chi connectivity index (χ3v) is 3.67. The molecule has 0 aliphatic rings. The van der Waals surface area contributed by atoms with Crippen LogP contribution in [-0.4, -0.2) is 15.0 Å². The Morgan fingerprint density at radius 2 is 2.00 bits per heavy atom. The summed E-state index contributed by atoms with van der Waals surface area (Å²) in [7, 11) is 0. The predicted octanol–water partition coefficient (Wildman–Crippen LogP) is 3.31. The number of imidazole rings is 1. The van der Waals surface area contributed by atoms with Gasteiger partial charge in [0.15, 0.2) is 5.16 Å². The molecule has 3 aromatic rings. The first-order valence-electron chi connectivity index (χ1n) is 5.79. The third-order valence-electron chi connectivity index (χ3n) is 2.67. The summed E-state index contributed by atoms with van der Waals surface area (Å²) >= 11 is 1.38. The van der Waals surface area contributed by atoms with Crippen LogP contribution in [0.5, 0.6) is 0 Å². The monoisotopic (exact) mass is 266 g/mol. The van der Waals surface area contributed by atoms with Gasteiger partial charge in [0.05, 0.1) is 22.8 Å². The average molecular weight is 266 g/mol. The van der Waals surface area contributed by atoms with Gasteiger partial charge >= 0.3 is 0 Å². The van der Waals surface area contributed by atoms with E-state index in [1.165, 1.54) is 11.8 Å². The molecule has 0 bridgehead atoms. The second-order valence-corrected chi connectivity index (χ2v) is 5.03. The highest BCUT2D eigenvalue weighted by Crippen LogP contribution is 2.32. The van der Waals surface area contributed by atoms with Gasteiger partial charge in [0, 0.05) is 6.20 Å². The fourth-order valence-corrected chi connectivity index (χ4v) is 2.64. The molecule has 2 aromatic heterocycles. The van der Waals surface area contributed by atoms with E-state index < -0.39 is 0 Å². The van der Waals surface area contributed by atoms with Gasteiger partial charge in [0.2, 0.25) is 0 Å². The molecular formula is C14H10N4S. The largest absolute Gasteiger partial charge is 0.333 e. The van der Waals surface area contributed by atoms with Crippen LogP contribution in [0.1, 0.15) is 10.9 Å². The molecule has 4 nitrogen and oxygen atoms in total. The fourth-order valence-electron chi connectivity index (χ4n) is 1.78. The summed E-state index contributed by atoms with van der Waals surface area (Å²) in [6.45, 7) is 0. The Morgan fingerprint density at radius 3 is 2.74 bits per heavy atom. The van der Waals surface area contributed by atoms with Gasteiger partial charge < -0.3 is 4.98 Å². The number of rotatable bonds is 3. The van der Waals surface area contributed by atoms with Crippen molar-refractivity contribution in [3.05, 3.63) is 54.4 Å². The first-order chi connectivity index (χ1) is 9.36. The summed E-state index contributed by atoms with van der Waals surface area (Å²) in [6.07, 6.45) is 1.69. The number of benzene rings is 1. The number of H-pyrrole nitrogens is 1. The Bertz CT molecular complexity index is 697. The molecule has 3 rings (SSSR count). The summed E-state index contributed by atoms with van der Waals surface area (Å²) < 4.78 is 0. The normalized spacial score (nSPS) is 12.2. The minimum Gasteiger partial charge on any atom is -0.333 e. The second-order valence-electron chi connectivity index (χ2n) is 3.94. The Hall–Kier alpha value is -2.32. The number of nitrogens with zero attached hydrogens (tertiary/aromatic N) is 3. The molecule has 0 radical (unpaired) electrons. The minimum atomic E-state index is -0.359. The van der Waals surface area contributed by atoms with E-state index in [4.69, 9.17) is 0 Å². The Labute approximate surface area is 114 Å². The Kier molecular flexibility index (Phi) is 3.17. The summed E-state index contributed by atoms with van der Waals surface area (Å²) in [4.78, 5) is 11.9. The molecule has 0 aliphatic heterocycles. The SMILES string of the molecule is N#CC(Sc1nc2ccccc2[nH]1)c1ccccn1. The van der Waals surface area contributed by atoms with Gasteiger partial charge in [0.1, 0.15) is 5.25 Å². The lowest BCUT2D eigenvalue weighted by molar-refractivity contribution is 1.04. The highest BCUT2D eigenvalue weighted by molar-refractivity contribution is 7.99. The number of aromatic nitrogens is 3. The van der Waals surface area contributed by atoms with E-state index in [-0.39, 0.29) is 5.25 Å². The van der Waals surface area contributed by atoms with Crippen LogP contribution in [0.3, 0.4) is 0 Å². The predicted molar refractivity (Wildman–Crippen MR) is 74.5 cm³/mol. The quantitative estimate of drug-likeness (QED) is 0.738. The lowest BCUT2D eigenvalue weighted by Gasteiger charge is -2.04. The average Bonchev–Trinajstić information content (AvgIpc) is 2.88. The molecule has 19 heavy (non-hydrogen) atoms. The van der Waals surface area contributed by atoms with E-state index in [9.17, 15) is 5.26 Å². The maximum Gasteiger partial charge on any atom is 0.168 e. The third kappa shape index (κ3) is 2.44. The van der Waals surface area contributed by atoms with Gasteiger partial charge in [-0.2, -0.15) is 5.26 Å². The van der Waals surface area contributed by atoms with E-state index in [2.05, 4.69) is 21.0 Å². The molecule has 1 atom stereocenters. The first-order valence-corrected chi connectivity index (χ1v) is 6.67. The van der Waals surface area contributed by atoms with Crippen LogP contribution in [0, 0.1) is 11.3 Å². The van der Waals surface area contributed by atoms with Crippen LogP contribution in [0.25, 0.3) is 11.0 Å². The Balaban J connectivity index is 1.89. The van der Waals surface area contributed by atoms with Crippen LogP contribution in [-0.2, 0) is 0 Å². The minimum absolute atomic E-state index is 0.359. The summed E-state index contributed by atoms with van der Waals surface area (Å²) in [5, 5.41) is 9.64. The van der Waals surface area contributed by atoms with Gasteiger partial charge in [-0.15, -0.1) is 0 Å². The van der Waals surface area contributed by atoms with Crippen molar-refractivity contribution >= 4 is 22.8 Å². The zero-order valence-electron chi connectivity index (χ0n) is 9.95. The smallest absolute Gasteiger partial charge is 0.168 e. The number of fused-ring (bicyclic) bond motifs is 1. The number of nitriles is 1. The van der Waals surface area contributed by atoms with Crippen molar-refractivity contribution in [2.75, 3.05) is 0 Å². The number of thioether (sulfide) groups is 1. The zero-order chi connectivity index (χ0) is 13.1. The van der Waals surface area contributed by atoms with Crippen molar-refractivity contribution < 1.29 is 0 Å². The second kappa shape index (κ2) is 5.12. The van der Waals surface area contributed by atoms with E-state index in [0.717, 1.165) is 21.9 Å². The van der Waals surface area contributed by atoms with E-state index in [0.29, 0.717) is 0 Å². The van der Waals surface area contributed by atoms with Crippen LogP contribution in [0.2, 0.25) is 0 Å². The number of hydrogen-bond acceptors (Lipinski definition) is 4. The molecule has 92 valence electrons. The zero-order valence-corrected chi connectivity index (χ0v) is 10.8. The van der Waals surface area contributed by atoms with Gasteiger partial charge in [-0.3, -0.25) is 4.98 Å². The van der Waals surface area contributed by atoms with Crippen molar-refractivity contribution in [3.63, 3.8) is 0 Å². The number of nitrogens with one attached hydrogen (secondary N) is 1. The van der Waals surface area contributed by atoms with Crippen LogP contribution < -0.4 is 0 Å². The van der Waals surface area contributed by atoms with Crippen LogP contribution in [0.4, 0.5) is 0 Å². The van der Waals surface area contributed by atoms with Crippen LogP contribution in [0.15, 0.2) is 53.8 Å². The molecular weight excluding hydrogens is 256 g/mol. The molecule has 0 saturated heterocycles. The maximum absolute atomic E-state index is 9.26. The molecule has 1 N–H and O–H groups in total. The highest BCUT2D eigenvalue weighted by Gasteiger charge is 2.15. The molecule has 1 unspecified atom stereocenters. The summed E-state index contributed by atoms with van der Waals surface area (Å²) in [6, 6.07) is 15.6. The topological polar surface area (TPSA) is 65.4 Å². The molecule has 2 heterocycles. The molecule has 0 saturated carbocycles. The number of pyridine rings is 1. The van der Waals surface area contributed by atoms with Gasteiger partial charge in [0.25, 0.3) is 0 Å². The number of aromatic amines is 1. The van der Waals surface area contributed by atoms with E-state index in [1.807, 2.05) is 42.5 Å². The lowest BCUT2D eigenvalue weighted by atomic mass is 10.3. The molecule has 0 amide bonds. The van der Waals surface area contributed by atoms with Crippen molar-refractivity contribution in [2.24, 2.45) is 0 Å².